The molecule has 0 radical (unpaired) electrons. The highest BCUT2D eigenvalue weighted by molar-refractivity contribution is 5.96. The van der Waals surface area contributed by atoms with E-state index in [2.05, 4.69) is 10.3 Å². The Hall–Kier alpha value is -1.91. The van der Waals surface area contributed by atoms with E-state index < -0.39 is 0 Å². The Labute approximate surface area is 93.5 Å². The fourth-order valence-electron chi connectivity index (χ4n) is 1.63. The molecule has 0 spiro atoms. The minimum atomic E-state index is -0.334. The smallest absolute Gasteiger partial charge is 0.318 e. The number of aromatic nitrogens is 1. The molecule has 0 unspecified atom stereocenters. The van der Waals surface area contributed by atoms with Crippen LogP contribution in [0.1, 0.15) is 17.7 Å². The summed E-state index contributed by atoms with van der Waals surface area (Å²) in [5.41, 5.74) is 1.95. The average Bonchev–Trinajstić information content (AvgIpc) is 2.22. The molecule has 1 aromatic rings. The maximum absolute atomic E-state index is 11.5. The van der Waals surface area contributed by atoms with Crippen LogP contribution < -0.4 is 5.32 Å². The maximum atomic E-state index is 11.5. The predicted octanol–water partition coefficient (Wildman–Crippen LogP) is 0.832. The lowest BCUT2D eigenvalue weighted by Gasteiger charge is -2.26. The van der Waals surface area contributed by atoms with Gasteiger partial charge in [0.15, 0.2) is 0 Å². The molecule has 84 valence electrons. The molecule has 1 fully saturated rings. The van der Waals surface area contributed by atoms with Crippen LogP contribution >= 0.6 is 0 Å². The van der Waals surface area contributed by atoms with Gasteiger partial charge in [0.1, 0.15) is 0 Å². The Morgan fingerprint density at radius 3 is 3.00 bits per heavy atom. The largest absolute Gasteiger partial charge is 0.324 e. The first-order valence-corrected chi connectivity index (χ1v) is 5.15. The summed E-state index contributed by atoms with van der Waals surface area (Å²) in [6.45, 7) is 2.88. The van der Waals surface area contributed by atoms with Crippen LogP contribution in [0.4, 0.5) is 4.79 Å². The number of nitrogens with one attached hydrogen (secondary N) is 1. The number of urea groups is 1. The van der Waals surface area contributed by atoms with E-state index in [1.807, 2.05) is 19.1 Å². The molecule has 1 aliphatic heterocycles. The zero-order valence-corrected chi connectivity index (χ0v) is 9.06. The SMILES string of the molecule is Cc1ccnc(CN2CCC(=O)NC2=O)c1. The normalized spacial score (nSPS) is 16.2. The van der Waals surface area contributed by atoms with Gasteiger partial charge in [0.25, 0.3) is 0 Å². The van der Waals surface area contributed by atoms with Crippen molar-refractivity contribution in [1.82, 2.24) is 15.2 Å². The van der Waals surface area contributed by atoms with Crippen molar-refractivity contribution in [3.05, 3.63) is 29.6 Å². The highest BCUT2D eigenvalue weighted by atomic mass is 16.2. The Morgan fingerprint density at radius 2 is 2.31 bits per heavy atom. The third-order valence-corrected chi connectivity index (χ3v) is 2.47. The van der Waals surface area contributed by atoms with Gasteiger partial charge in [0, 0.05) is 19.2 Å². The van der Waals surface area contributed by atoms with Crippen molar-refractivity contribution >= 4 is 11.9 Å². The molecule has 2 rings (SSSR count). The summed E-state index contributed by atoms with van der Waals surface area (Å²) < 4.78 is 0. The van der Waals surface area contributed by atoms with Gasteiger partial charge in [-0.2, -0.15) is 0 Å². The number of hydrogen-bond acceptors (Lipinski definition) is 3. The van der Waals surface area contributed by atoms with Gasteiger partial charge in [0.2, 0.25) is 5.91 Å². The van der Waals surface area contributed by atoms with E-state index in [0.717, 1.165) is 11.3 Å². The van der Waals surface area contributed by atoms with Crippen LogP contribution in [0.3, 0.4) is 0 Å². The summed E-state index contributed by atoms with van der Waals surface area (Å²) in [4.78, 5) is 28.2. The van der Waals surface area contributed by atoms with Crippen molar-refractivity contribution in [2.75, 3.05) is 6.54 Å². The lowest BCUT2D eigenvalue weighted by molar-refractivity contribution is -0.121. The monoisotopic (exact) mass is 219 g/mol. The number of carbonyl (C=O) groups is 2. The predicted molar refractivity (Wildman–Crippen MR) is 57.5 cm³/mol. The summed E-state index contributed by atoms with van der Waals surface area (Å²) >= 11 is 0. The van der Waals surface area contributed by atoms with E-state index in [1.165, 1.54) is 0 Å². The van der Waals surface area contributed by atoms with Gasteiger partial charge in [-0.25, -0.2) is 4.79 Å². The van der Waals surface area contributed by atoms with Crippen molar-refractivity contribution in [3.63, 3.8) is 0 Å². The number of carbonyl (C=O) groups excluding carboxylic acids is 2. The molecule has 5 nitrogen and oxygen atoms in total. The molecule has 1 N–H and O–H groups in total. The molecule has 0 bridgehead atoms. The van der Waals surface area contributed by atoms with Gasteiger partial charge < -0.3 is 4.90 Å². The lowest BCUT2D eigenvalue weighted by Crippen LogP contribution is -2.48. The number of aryl methyl sites for hydroxylation is 1. The molecular weight excluding hydrogens is 206 g/mol. The van der Waals surface area contributed by atoms with E-state index in [0.29, 0.717) is 19.5 Å². The van der Waals surface area contributed by atoms with E-state index in [4.69, 9.17) is 0 Å². The molecule has 1 saturated heterocycles. The number of amides is 3. The standard InChI is InChI=1S/C11H13N3O2/c1-8-2-4-12-9(6-8)7-14-5-3-10(15)13-11(14)16/h2,4,6H,3,5,7H2,1H3,(H,13,15,16). The quantitative estimate of drug-likeness (QED) is 0.801. The third kappa shape index (κ3) is 2.36. The Morgan fingerprint density at radius 1 is 1.50 bits per heavy atom. The highest BCUT2D eigenvalue weighted by Crippen LogP contribution is 2.07. The molecule has 1 aliphatic rings. The van der Waals surface area contributed by atoms with Crippen molar-refractivity contribution in [2.45, 2.75) is 19.9 Å². The van der Waals surface area contributed by atoms with Crippen LogP contribution in [0, 0.1) is 6.92 Å². The fraction of sp³-hybridized carbons (Fsp3) is 0.364. The molecule has 1 aromatic heterocycles. The number of rotatable bonds is 2. The van der Waals surface area contributed by atoms with Crippen LogP contribution in [-0.2, 0) is 11.3 Å². The Balaban J connectivity index is 2.05. The Kier molecular flexibility index (Phi) is 2.85. The van der Waals surface area contributed by atoms with Crippen LogP contribution in [0.15, 0.2) is 18.3 Å². The number of pyridine rings is 1. The minimum absolute atomic E-state index is 0.210. The third-order valence-electron chi connectivity index (χ3n) is 2.47. The number of hydrogen-bond donors (Lipinski definition) is 1. The fourth-order valence-corrected chi connectivity index (χ4v) is 1.63. The molecule has 0 aliphatic carbocycles. The second kappa shape index (κ2) is 4.30. The number of nitrogens with zero attached hydrogens (tertiary/aromatic N) is 2. The molecule has 5 heteroatoms. The van der Waals surface area contributed by atoms with Gasteiger partial charge in [0.05, 0.1) is 12.2 Å². The molecule has 2 heterocycles. The van der Waals surface area contributed by atoms with Crippen molar-refractivity contribution in [3.8, 4) is 0 Å². The summed E-state index contributed by atoms with van der Waals surface area (Å²) in [7, 11) is 0. The van der Waals surface area contributed by atoms with Crippen molar-refractivity contribution < 1.29 is 9.59 Å². The van der Waals surface area contributed by atoms with Gasteiger partial charge >= 0.3 is 6.03 Å². The first-order chi connectivity index (χ1) is 7.65. The van der Waals surface area contributed by atoms with Crippen LogP contribution in [0.25, 0.3) is 0 Å². The van der Waals surface area contributed by atoms with Gasteiger partial charge in [-0.05, 0) is 24.6 Å². The van der Waals surface area contributed by atoms with Gasteiger partial charge in [-0.1, -0.05) is 0 Å². The number of imide groups is 1. The zero-order valence-electron chi connectivity index (χ0n) is 9.06. The zero-order chi connectivity index (χ0) is 11.5. The van der Waals surface area contributed by atoms with E-state index in [1.54, 1.807) is 11.1 Å². The molecule has 0 atom stereocenters. The second-order valence-electron chi connectivity index (χ2n) is 3.85. The molecule has 16 heavy (non-hydrogen) atoms. The summed E-state index contributed by atoms with van der Waals surface area (Å²) in [5, 5.41) is 2.28. The molecule has 0 saturated carbocycles. The van der Waals surface area contributed by atoms with E-state index >= 15 is 0 Å². The van der Waals surface area contributed by atoms with Crippen molar-refractivity contribution in [1.29, 1.82) is 0 Å². The average molecular weight is 219 g/mol. The van der Waals surface area contributed by atoms with E-state index in [-0.39, 0.29) is 11.9 Å². The Bertz CT molecular complexity index is 431. The van der Waals surface area contributed by atoms with Crippen LogP contribution in [0.2, 0.25) is 0 Å². The molecule has 3 amide bonds. The van der Waals surface area contributed by atoms with Crippen molar-refractivity contribution in [2.24, 2.45) is 0 Å². The summed E-state index contributed by atoms with van der Waals surface area (Å²) in [6.07, 6.45) is 2.08. The summed E-state index contributed by atoms with van der Waals surface area (Å²) in [5.74, 6) is -0.210. The first kappa shape index (κ1) is 10.6. The van der Waals surface area contributed by atoms with Gasteiger partial charge in [-0.3, -0.25) is 15.1 Å². The van der Waals surface area contributed by atoms with E-state index in [9.17, 15) is 9.59 Å². The maximum Gasteiger partial charge on any atom is 0.324 e. The lowest BCUT2D eigenvalue weighted by atomic mass is 10.2. The van der Waals surface area contributed by atoms with Crippen LogP contribution in [0.5, 0.6) is 0 Å². The van der Waals surface area contributed by atoms with Gasteiger partial charge in [-0.15, -0.1) is 0 Å². The first-order valence-electron chi connectivity index (χ1n) is 5.15. The topological polar surface area (TPSA) is 62.3 Å². The minimum Gasteiger partial charge on any atom is -0.318 e. The van der Waals surface area contributed by atoms with Crippen LogP contribution in [-0.4, -0.2) is 28.4 Å². The molecule has 0 aromatic carbocycles. The summed E-state index contributed by atoms with van der Waals surface area (Å²) in [6, 6.07) is 3.51. The second-order valence-corrected chi connectivity index (χ2v) is 3.85. The highest BCUT2D eigenvalue weighted by Gasteiger charge is 2.22. The molecular formula is C11H13N3O2.